The van der Waals surface area contributed by atoms with Gasteiger partial charge in [-0.2, -0.15) is 0 Å². The molecule has 4 nitrogen and oxygen atoms in total. The monoisotopic (exact) mass is 190 g/mol. The fraction of sp³-hybridized carbons (Fsp3) is 0.400. The maximum absolute atomic E-state index is 8.29. The van der Waals surface area contributed by atoms with Crippen molar-refractivity contribution in [3.8, 4) is 0 Å². The number of azide groups is 1. The van der Waals surface area contributed by atoms with Gasteiger partial charge in [0, 0.05) is 11.5 Å². The fourth-order valence-corrected chi connectivity index (χ4v) is 1.24. The lowest BCUT2D eigenvalue weighted by Gasteiger charge is -2.07. The van der Waals surface area contributed by atoms with Gasteiger partial charge in [0.25, 0.3) is 0 Å². The van der Waals surface area contributed by atoms with Crippen molar-refractivity contribution in [2.24, 2.45) is 10.8 Å². The van der Waals surface area contributed by atoms with Crippen LogP contribution >= 0.6 is 0 Å². The molecular weight excluding hydrogens is 176 g/mol. The van der Waals surface area contributed by atoms with E-state index in [2.05, 4.69) is 10.0 Å². The standard InChI is InChI=1S/C10H14N4/c1-8-2-4-9(5-3-8)6-10(7-11)13-14-12/h2-5,10H,6-7,11H2,1H3. The highest BCUT2D eigenvalue weighted by Gasteiger charge is 2.04. The lowest BCUT2D eigenvalue weighted by molar-refractivity contribution is 0.673. The topological polar surface area (TPSA) is 74.8 Å². The second-order valence-electron chi connectivity index (χ2n) is 3.28. The van der Waals surface area contributed by atoms with E-state index in [0.29, 0.717) is 13.0 Å². The molecule has 14 heavy (non-hydrogen) atoms. The molecule has 4 heteroatoms. The first-order valence-corrected chi connectivity index (χ1v) is 4.56. The maximum Gasteiger partial charge on any atom is 0.0536 e. The average molecular weight is 190 g/mol. The van der Waals surface area contributed by atoms with Gasteiger partial charge in [-0.15, -0.1) is 0 Å². The molecule has 0 radical (unpaired) electrons. The summed E-state index contributed by atoms with van der Waals surface area (Å²) in [5, 5.41) is 3.62. The van der Waals surface area contributed by atoms with Crippen LogP contribution in [0.5, 0.6) is 0 Å². The molecule has 1 atom stereocenters. The Morgan fingerprint density at radius 2 is 2.07 bits per heavy atom. The molecule has 0 bridgehead atoms. The number of hydrogen-bond acceptors (Lipinski definition) is 2. The van der Waals surface area contributed by atoms with E-state index in [4.69, 9.17) is 11.3 Å². The van der Waals surface area contributed by atoms with Crippen LogP contribution in [0.4, 0.5) is 0 Å². The summed E-state index contributed by atoms with van der Waals surface area (Å²) in [5.41, 5.74) is 16.1. The van der Waals surface area contributed by atoms with Crippen LogP contribution in [-0.4, -0.2) is 12.6 Å². The van der Waals surface area contributed by atoms with E-state index in [0.717, 1.165) is 5.56 Å². The molecule has 2 N–H and O–H groups in total. The summed E-state index contributed by atoms with van der Waals surface area (Å²) in [6.45, 7) is 2.43. The van der Waals surface area contributed by atoms with Gasteiger partial charge in [0.2, 0.25) is 0 Å². The zero-order valence-electron chi connectivity index (χ0n) is 8.22. The van der Waals surface area contributed by atoms with Crippen molar-refractivity contribution in [3.63, 3.8) is 0 Å². The van der Waals surface area contributed by atoms with Gasteiger partial charge in [0.1, 0.15) is 0 Å². The highest BCUT2D eigenvalue weighted by molar-refractivity contribution is 5.22. The first-order valence-electron chi connectivity index (χ1n) is 4.56. The van der Waals surface area contributed by atoms with Gasteiger partial charge in [-0.1, -0.05) is 34.9 Å². The Morgan fingerprint density at radius 3 is 2.57 bits per heavy atom. The molecular formula is C10H14N4. The summed E-state index contributed by atoms with van der Waals surface area (Å²) in [6, 6.07) is 8.01. The van der Waals surface area contributed by atoms with E-state index < -0.39 is 0 Å². The SMILES string of the molecule is Cc1ccc(CC(CN)N=[N+]=[N-])cc1. The average Bonchev–Trinajstić information content (AvgIpc) is 2.20. The van der Waals surface area contributed by atoms with E-state index >= 15 is 0 Å². The van der Waals surface area contributed by atoms with Crippen LogP contribution in [0.3, 0.4) is 0 Å². The van der Waals surface area contributed by atoms with Crippen molar-refractivity contribution in [2.45, 2.75) is 19.4 Å². The Balaban J connectivity index is 2.67. The van der Waals surface area contributed by atoms with Crippen LogP contribution in [0.1, 0.15) is 11.1 Å². The van der Waals surface area contributed by atoms with Gasteiger partial charge >= 0.3 is 0 Å². The van der Waals surface area contributed by atoms with Crippen molar-refractivity contribution < 1.29 is 0 Å². The number of rotatable bonds is 4. The van der Waals surface area contributed by atoms with Gasteiger partial charge in [0.15, 0.2) is 0 Å². The van der Waals surface area contributed by atoms with Crippen molar-refractivity contribution >= 4 is 0 Å². The molecule has 0 aliphatic rings. The van der Waals surface area contributed by atoms with E-state index in [1.165, 1.54) is 5.56 Å². The number of hydrogen-bond donors (Lipinski definition) is 1. The molecule has 0 aliphatic carbocycles. The zero-order valence-corrected chi connectivity index (χ0v) is 8.22. The lowest BCUT2D eigenvalue weighted by Crippen LogP contribution is -2.19. The summed E-state index contributed by atoms with van der Waals surface area (Å²) in [7, 11) is 0. The summed E-state index contributed by atoms with van der Waals surface area (Å²) < 4.78 is 0. The number of nitrogens with zero attached hydrogens (tertiary/aromatic N) is 3. The van der Waals surface area contributed by atoms with Gasteiger partial charge in [-0.05, 0) is 24.4 Å². The molecule has 0 aliphatic heterocycles. The van der Waals surface area contributed by atoms with E-state index in [-0.39, 0.29) is 6.04 Å². The summed E-state index contributed by atoms with van der Waals surface area (Å²) in [5.74, 6) is 0. The second-order valence-corrected chi connectivity index (χ2v) is 3.28. The highest BCUT2D eigenvalue weighted by Crippen LogP contribution is 2.07. The molecule has 1 rings (SSSR count). The van der Waals surface area contributed by atoms with Crippen LogP contribution in [0.25, 0.3) is 10.4 Å². The summed E-state index contributed by atoms with van der Waals surface area (Å²) in [4.78, 5) is 2.77. The van der Waals surface area contributed by atoms with Gasteiger partial charge in [0.05, 0.1) is 6.04 Å². The second kappa shape index (κ2) is 5.27. The minimum absolute atomic E-state index is 0.136. The Bertz CT molecular complexity index is 324. The Morgan fingerprint density at radius 1 is 1.43 bits per heavy atom. The molecule has 0 saturated heterocycles. The van der Waals surface area contributed by atoms with Crippen molar-refractivity contribution in [1.29, 1.82) is 0 Å². The normalized spacial score (nSPS) is 11.9. The molecule has 0 heterocycles. The number of benzene rings is 1. The summed E-state index contributed by atoms with van der Waals surface area (Å²) in [6.07, 6.45) is 0.709. The van der Waals surface area contributed by atoms with Crippen LogP contribution in [0.2, 0.25) is 0 Å². The van der Waals surface area contributed by atoms with E-state index in [1.54, 1.807) is 0 Å². The number of aryl methyl sites for hydroxylation is 1. The third kappa shape index (κ3) is 3.09. The fourth-order valence-electron chi connectivity index (χ4n) is 1.24. The van der Waals surface area contributed by atoms with Crippen molar-refractivity contribution in [2.75, 3.05) is 6.54 Å². The van der Waals surface area contributed by atoms with Gasteiger partial charge < -0.3 is 5.73 Å². The van der Waals surface area contributed by atoms with Crippen LogP contribution in [-0.2, 0) is 6.42 Å². The minimum Gasteiger partial charge on any atom is -0.330 e. The zero-order chi connectivity index (χ0) is 10.4. The minimum atomic E-state index is -0.136. The Kier molecular flexibility index (Phi) is 3.98. The molecule has 1 unspecified atom stereocenters. The maximum atomic E-state index is 8.29. The molecule has 0 aromatic heterocycles. The number of nitrogens with two attached hydrogens (primary N) is 1. The van der Waals surface area contributed by atoms with Crippen molar-refractivity contribution in [1.82, 2.24) is 0 Å². The molecule has 0 saturated carbocycles. The smallest absolute Gasteiger partial charge is 0.0536 e. The first kappa shape index (κ1) is 10.6. The van der Waals surface area contributed by atoms with Crippen molar-refractivity contribution in [3.05, 3.63) is 45.8 Å². The first-order chi connectivity index (χ1) is 6.76. The molecule has 0 amide bonds. The third-order valence-corrected chi connectivity index (χ3v) is 2.08. The Hall–Kier alpha value is -1.51. The quantitative estimate of drug-likeness (QED) is 0.441. The predicted molar refractivity (Wildman–Crippen MR) is 56.9 cm³/mol. The van der Waals surface area contributed by atoms with E-state index in [9.17, 15) is 0 Å². The van der Waals surface area contributed by atoms with Crippen LogP contribution in [0.15, 0.2) is 29.4 Å². The molecule has 74 valence electrons. The largest absolute Gasteiger partial charge is 0.330 e. The molecule has 1 aromatic carbocycles. The van der Waals surface area contributed by atoms with Gasteiger partial charge in [-0.25, -0.2) is 0 Å². The van der Waals surface area contributed by atoms with E-state index in [1.807, 2.05) is 31.2 Å². The van der Waals surface area contributed by atoms with Gasteiger partial charge in [-0.3, -0.25) is 0 Å². The van der Waals surface area contributed by atoms with Crippen LogP contribution < -0.4 is 5.73 Å². The highest BCUT2D eigenvalue weighted by atomic mass is 15.2. The Labute approximate surface area is 83.4 Å². The summed E-state index contributed by atoms with van der Waals surface area (Å²) >= 11 is 0. The predicted octanol–water partition coefficient (Wildman–Crippen LogP) is 2.18. The molecule has 0 spiro atoms. The third-order valence-electron chi connectivity index (χ3n) is 2.08. The lowest BCUT2D eigenvalue weighted by atomic mass is 10.1. The molecule has 0 fully saturated rings. The molecule has 1 aromatic rings. The van der Waals surface area contributed by atoms with Crippen LogP contribution in [0, 0.1) is 6.92 Å².